The zero-order chi connectivity index (χ0) is 15.1. The standard InChI is InChI=1S/C17H24N2O2/c1-4-6-15(12-20-2)18-11-14-10-9-13-7-5-8-16(21-3)17(13)19-14/h5,7-10,15,18H,4,6,11-12H2,1-3H3. The van der Waals surface area contributed by atoms with Crippen LogP contribution in [0.2, 0.25) is 0 Å². The van der Waals surface area contributed by atoms with E-state index < -0.39 is 0 Å². The largest absolute Gasteiger partial charge is 0.494 e. The Balaban J connectivity index is 2.11. The monoisotopic (exact) mass is 288 g/mol. The van der Waals surface area contributed by atoms with Gasteiger partial charge in [-0.3, -0.25) is 0 Å². The third-order valence-corrected chi connectivity index (χ3v) is 3.54. The van der Waals surface area contributed by atoms with Crippen molar-refractivity contribution in [2.45, 2.75) is 32.4 Å². The number of nitrogens with zero attached hydrogens (tertiary/aromatic N) is 1. The maximum Gasteiger partial charge on any atom is 0.145 e. The van der Waals surface area contributed by atoms with Crippen LogP contribution >= 0.6 is 0 Å². The molecule has 0 aliphatic heterocycles. The molecule has 1 N–H and O–H groups in total. The van der Waals surface area contributed by atoms with E-state index in [1.807, 2.05) is 18.2 Å². The van der Waals surface area contributed by atoms with Crippen molar-refractivity contribution in [1.29, 1.82) is 0 Å². The summed E-state index contributed by atoms with van der Waals surface area (Å²) in [6.07, 6.45) is 2.24. The van der Waals surface area contributed by atoms with Crippen LogP contribution in [0.1, 0.15) is 25.5 Å². The highest BCUT2D eigenvalue weighted by Crippen LogP contribution is 2.23. The van der Waals surface area contributed by atoms with Crippen molar-refractivity contribution in [2.75, 3.05) is 20.8 Å². The first-order valence-corrected chi connectivity index (χ1v) is 7.43. The van der Waals surface area contributed by atoms with E-state index in [1.165, 1.54) is 0 Å². The maximum absolute atomic E-state index is 5.38. The van der Waals surface area contributed by atoms with Crippen LogP contribution in [0.4, 0.5) is 0 Å². The van der Waals surface area contributed by atoms with Crippen molar-refractivity contribution in [3.63, 3.8) is 0 Å². The molecule has 4 nitrogen and oxygen atoms in total. The van der Waals surface area contributed by atoms with Gasteiger partial charge < -0.3 is 14.8 Å². The SMILES string of the molecule is CCCC(COC)NCc1ccc2cccc(OC)c2n1. The average Bonchev–Trinajstić information content (AvgIpc) is 2.52. The van der Waals surface area contributed by atoms with Gasteiger partial charge in [-0.2, -0.15) is 0 Å². The van der Waals surface area contributed by atoms with Crippen molar-refractivity contribution in [1.82, 2.24) is 10.3 Å². The van der Waals surface area contributed by atoms with Crippen molar-refractivity contribution in [3.8, 4) is 5.75 Å². The molecule has 1 atom stereocenters. The van der Waals surface area contributed by atoms with E-state index in [9.17, 15) is 0 Å². The molecule has 114 valence electrons. The molecule has 1 unspecified atom stereocenters. The van der Waals surface area contributed by atoms with E-state index in [-0.39, 0.29) is 0 Å². The molecule has 0 aliphatic rings. The minimum absolute atomic E-state index is 0.371. The molecule has 0 spiro atoms. The minimum Gasteiger partial charge on any atom is -0.494 e. The van der Waals surface area contributed by atoms with E-state index in [4.69, 9.17) is 14.5 Å². The smallest absolute Gasteiger partial charge is 0.145 e. The number of pyridine rings is 1. The van der Waals surface area contributed by atoms with Gasteiger partial charge in [-0.25, -0.2) is 4.98 Å². The molecule has 1 heterocycles. The molecule has 21 heavy (non-hydrogen) atoms. The normalized spacial score (nSPS) is 12.5. The predicted molar refractivity (Wildman–Crippen MR) is 85.7 cm³/mol. The molecule has 0 aliphatic carbocycles. The first-order chi connectivity index (χ1) is 10.3. The van der Waals surface area contributed by atoms with Gasteiger partial charge in [0.2, 0.25) is 0 Å². The molecule has 2 rings (SSSR count). The number of aromatic nitrogens is 1. The molecule has 4 heteroatoms. The molecular formula is C17H24N2O2. The van der Waals surface area contributed by atoms with Crippen LogP contribution in [0, 0.1) is 0 Å². The average molecular weight is 288 g/mol. The number of methoxy groups -OCH3 is 2. The van der Waals surface area contributed by atoms with Crippen molar-refractivity contribution >= 4 is 10.9 Å². The molecule has 0 amide bonds. The number of rotatable bonds is 8. The van der Waals surface area contributed by atoms with Crippen molar-refractivity contribution in [3.05, 3.63) is 36.0 Å². The summed E-state index contributed by atoms with van der Waals surface area (Å²) >= 11 is 0. The topological polar surface area (TPSA) is 43.4 Å². The zero-order valence-electron chi connectivity index (χ0n) is 13.1. The number of fused-ring (bicyclic) bond motifs is 1. The third-order valence-electron chi connectivity index (χ3n) is 3.54. The zero-order valence-corrected chi connectivity index (χ0v) is 13.1. The Kier molecular flexibility index (Phi) is 5.96. The summed E-state index contributed by atoms with van der Waals surface area (Å²) in [5, 5.41) is 4.61. The summed E-state index contributed by atoms with van der Waals surface area (Å²) in [6, 6.07) is 10.5. The van der Waals surface area contributed by atoms with Gasteiger partial charge in [-0.1, -0.05) is 31.5 Å². The molecule has 2 aromatic rings. The number of para-hydroxylation sites is 1. The van der Waals surface area contributed by atoms with E-state index in [2.05, 4.69) is 24.4 Å². The second kappa shape index (κ2) is 7.96. The Labute approximate surface area is 126 Å². The van der Waals surface area contributed by atoms with Gasteiger partial charge >= 0.3 is 0 Å². The molecule has 1 aromatic heterocycles. The maximum atomic E-state index is 5.38. The van der Waals surface area contributed by atoms with E-state index in [1.54, 1.807) is 14.2 Å². The fourth-order valence-corrected chi connectivity index (χ4v) is 2.47. The molecule has 0 radical (unpaired) electrons. The lowest BCUT2D eigenvalue weighted by Gasteiger charge is -2.17. The second-order valence-corrected chi connectivity index (χ2v) is 5.16. The van der Waals surface area contributed by atoms with Crippen LogP contribution < -0.4 is 10.1 Å². The molecular weight excluding hydrogens is 264 g/mol. The predicted octanol–water partition coefficient (Wildman–Crippen LogP) is 3.15. The quantitative estimate of drug-likeness (QED) is 0.810. The van der Waals surface area contributed by atoms with Crippen LogP contribution in [-0.4, -0.2) is 31.9 Å². The Bertz CT molecular complexity index is 566. The van der Waals surface area contributed by atoms with Gasteiger partial charge in [-0.15, -0.1) is 0 Å². The lowest BCUT2D eigenvalue weighted by Crippen LogP contribution is -2.32. The van der Waals surface area contributed by atoms with E-state index in [0.29, 0.717) is 6.04 Å². The number of benzene rings is 1. The summed E-state index contributed by atoms with van der Waals surface area (Å²) in [4.78, 5) is 4.71. The van der Waals surface area contributed by atoms with Crippen molar-refractivity contribution < 1.29 is 9.47 Å². The third kappa shape index (κ3) is 4.16. The van der Waals surface area contributed by atoms with Gasteiger partial charge in [0.25, 0.3) is 0 Å². The van der Waals surface area contributed by atoms with E-state index >= 15 is 0 Å². The number of ether oxygens (including phenoxy) is 2. The van der Waals surface area contributed by atoms with Crippen LogP contribution in [0.3, 0.4) is 0 Å². The Hall–Kier alpha value is -1.65. The summed E-state index contributed by atoms with van der Waals surface area (Å²) in [7, 11) is 3.42. The number of hydrogen-bond acceptors (Lipinski definition) is 4. The highest BCUT2D eigenvalue weighted by Gasteiger charge is 2.08. The van der Waals surface area contributed by atoms with Gasteiger partial charge in [0, 0.05) is 25.1 Å². The summed E-state index contributed by atoms with van der Waals surface area (Å²) in [5.74, 6) is 0.816. The summed E-state index contributed by atoms with van der Waals surface area (Å²) in [5.41, 5.74) is 1.93. The second-order valence-electron chi connectivity index (χ2n) is 5.16. The van der Waals surface area contributed by atoms with Crippen molar-refractivity contribution in [2.24, 2.45) is 0 Å². The Morgan fingerprint density at radius 2 is 2.05 bits per heavy atom. The molecule has 0 fully saturated rings. The van der Waals surface area contributed by atoms with Crippen LogP contribution in [0.15, 0.2) is 30.3 Å². The fourth-order valence-electron chi connectivity index (χ4n) is 2.47. The molecule has 0 saturated carbocycles. The van der Waals surface area contributed by atoms with Gasteiger partial charge in [0.05, 0.1) is 19.4 Å². The molecule has 0 saturated heterocycles. The highest BCUT2D eigenvalue weighted by molar-refractivity contribution is 5.84. The molecule has 0 bridgehead atoms. The van der Waals surface area contributed by atoms with E-state index in [0.717, 1.165) is 48.3 Å². The molecule has 1 aromatic carbocycles. The first-order valence-electron chi connectivity index (χ1n) is 7.43. The van der Waals surface area contributed by atoms with Crippen LogP contribution in [0.25, 0.3) is 10.9 Å². The Morgan fingerprint density at radius 3 is 2.76 bits per heavy atom. The van der Waals surface area contributed by atoms with Crippen LogP contribution in [-0.2, 0) is 11.3 Å². The fraction of sp³-hybridized carbons (Fsp3) is 0.471. The Morgan fingerprint density at radius 1 is 1.19 bits per heavy atom. The summed E-state index contributed by atoms with van der Waals surface area (Å²) in [6.45, 7) is 3.65. The number of nitrogens with one attached hydrogen (secondary N) is 1. The minimum atomic E-state index is 0.371. The van der Waals surface area contributed by atoms with Crippen LogP contribution in [0.5, 0.6) is 5.75 Å². The van der Waals surface area contributed by atoms with Gasteiger partial charge in [0.15, 0.2) is 0 Å². The number of hydrogen-bond donors (Lipinski definition) is 1. The lowest BCUT2D eigenvalue weighted by atomic mass is 10.1. The van der Waals surface area contributed by atoms with Gasteiger partial charge in [-0.05, 0) is 18.6 Å². The highest BCUT2D eigenvalue weighted by atomic mass is 16.5. The first kappa shape index (κ1) is 15.7. The van der Waals surface area contributed by atoms with Gasteiger partial charge in [0.1, 0.15) is 11.3 Å². The summed E-state index contributed by atoms with van der Waals surface area (Å²) < 4.78 is 10.6. The lowest BCUT2D eigenvalue weighted by molar-refractivity contribution is 0.161.